The smallest absolute Gasteiger partial charge is 0.272 e. The molecule has 24 heavy (non-hydrogen) atoms. The number of aryl methyl sites for hydroxylation is 2. The van der Waals surface area contributed by atoms with Crippen LogP contribution in [0.15, 0.2) is 23.0 Å². The van der Waals surface area contributed by atoms with Gasteiger partial charge in [-0.05, 0) is 51.3 Å². The van der Waals surface area contributed by atoms with Gasteiger partial charge in [0.2, 0.25) is 0 Å². The first-order valence-corrected chi connectivity index (χ1v) is 8.54. The fourth-order valence-electron chi connectivity index (χ4n) is 3.07. The van der Waals surface area contributed by atoms with Gasteiger partial charge in [-0.15, -0.1) is 0 Å². The molecule has 0 bridgehead atoms. The monoisotopic (exact) mass is 329 g/mol. The number of nitrogens with zero attached hydrogens (tertiary/aromatic N) is 3. The highest BCUT2D eigenvalue weighted by Gasteiger charge is 2.19. The number of hydrogen-bond donors (Lipinski definition) is 0. The van der Waals surface area contributed by atoms with E-state index in [1.807, 2.05) is 20.0 Å². The van der Waals surface area contributed by atoms with Crippen LogP contribution >= 0.6 is 0 Å². The van der Waals surface area contributed by atoms with Crippen molar-refractivity contribution in [3.63, 3.8) is 0 Å². The van der Waals surface area contributed by atoms with E-state index in [1.54, 1.807) is 28.5 Å². The van der Waals surface area contributed by atoms with Crippen molar-refractivity contribution in [3.05, 3.63) is 39.8 Å². The molecule has 2 aromatic rings. The molecule has 5 heteroatoms. The third kappa shape index (κ3) is 3.50. The van der Waals surface area contributed by atoms with Gasteiger partial charge in [-0.3, -0.25) is 9.59 Å². The van der Waals surface area contributed by atoms with E-state index in [4.69, 9.17) is 0 Å². The summed E-state index contributed by atoms with van der Waals surface area (Å²) in [5.74, 6) is 0.522. The molecule has 0 saturated heterocycles. The number of carbonyl (C=O) groups is 1. The fraction of sp³-hybridized carbons (Fsp3) is 0.526. The molecule has 1 aromatic heterocycles. The van der Waals surface area contributed by atoms with E-state index in [9.17, 15) is 9.59 Å². The number of aromatic nitrogens is 2. The van der Waals surface area contributed by atoms with Crippen molar-refractivity contribution in [1.82, 2.24) is 14.5 Å². The summed E-state index contributed by atoms with van der Waals surface area (Å²) in [5, 5.41) is 0. The predicted octanol–water partition coefficient (Wildman–Crippen LogP) is 3.23. The highest BCUT2D eigenvalue weighted by Crippen LogP contribution is 2.17. The van der Waals surface area contributed by atoms with Crippen molar-refractivity contribution in [1.29, 1.82) is 0 Å². The molecule has 0 spiro atoms. The summed E-state index contributed by atoms with van der Waals surface area (Å²) in [5.41, 5.74) is 2.43. The zero-order chi connectivity index (χ0) is 18.0. The lowest BCUT2D eigenvalue weighted by molar-refractivity contribution is 0.0728. The highest BCUT2D eigenvalue weighted by molar-refractivity contribution is 5.97. The summed E-state index contributed by atoms with van der Waals surface area (Å²) >= 11 is 0. The maximum atomic E-state index is 12.7. The third-order valence-corrected chi connectivity index (χ3v) is 4.47. The number of hydrogen-bond acceptors (Lipinski definition) is 3. The molecule has 0 saturated carbocycles. The average molecular weight is 329 g/mol. The van der Waals surface area contributed by atoms with E-state index in [-0.39, 0.29) is 17.5 Å². The zero-order valence-corrected chi connectivity index (χ0v) is 15.5. The summed E-state index contributed by atoms with van der Waals surface area (Å²) in [7, 11) is 1.84. The minimum absolute atomic E-state index is 0.0150. The van der Waals surface area contributed by atoms with Gasteiger partial charge in [0.1, 0.15) is 5.69 Å². The van der Waals surface area contributed by atoms with Gasteiger partial charge >= 0.3 is 0 Å². The molecule has 1 aromatic carbocycles. The molecular formula is C19H27N3O2. The van der Waals surface area contributed by atoms with Crippen LogP contribution in [0.25, 0.3) is 11.0 Å². The van der Waals surface area contributed by atoms with Crippen molar-refractivity contribution in [2.45, 2.75) is 53.6 Å². The normalized spacial score (nSPS) is 12.6. The van der Waals surface area contributed by atoms with Crippen molar-refractivity contribution in [2.75, 3.05) is 7.05 Å². The molecule has 0 aliphatic heterocycles. The summed E-state index contributed by atoms with van der Waals surface area (Å²) in [4.78, 5) is 31.1. The molecule has 0 fully saturated rings. The molecule has 2 rings (SSSR count). The van der Waals surface area contributed by atoms with Gasteiger partial charge in [-0.1, -0.05) is 13.8 Å². The Morgan fingerprint density at radius 2 is 1.96 bits per heavy atom. The summed E-state index contributed by atoms with van der Waals surface area (Å²) in [6.45, 7) is 10.6. The van der Waals surface area contributed by atoms with Crippen molar-refractivity contribution < 1.29 is 4.79 Å². The second-order valence-electron chi connectivity index (χ2n) is 6.84. The van der Waals surface area contributed by atoms with Gasteiger partial charge in [0.15, 0.2) is 0 Å². The molecule has 0 aliphatic rings. The Bertz CT molecular complexity index is 808. The van der Waals surface area contributed by atoms with E-state index in [0.717, 1.165) is 11.9 Å². The maximum absolute atomic E-state index is 12.7. The Balaban J connectivity index is 2.42. The van der Waals surface area contributed by atoms with Crippen molar-refractivity contribution >= 4 is 16.9 Å². The summed E-state index contributed by atoms with van der Waals surface area (Å²) in [6.07, 6.45) is 0.961. The van der Waals surface area contributed by atoms with Gasteiger partial charge in [0.25, 0.3) is 11.5 Å². The quantitative estimate of drug-likeness (QED) is 0.846. The minimum Gasteiger partial charge on any atom is -0.339 e. The molecular weight excluding hydrogens is 302 g/mol. The summed E-state index contributed by atoms with van der Waals surface area (Å²) < 4.78 is 1.69. The Morgan fingerprint density at radius 3 is 2.54 bits per heavy atom. The van der Waals surface area contributed by atoms with Crippen LogP contribution in [0, 0.1) is 12.8 Å². The second kappa shape index (κ2) is 7.16. The lowest BCUT2D eigenvalue weighted by Crippen LogP contribution is -2.36. The first-order chi connectivity index (χ1) is 11.3. The fourth-order valence-corrected chi connectivity index (χ4v) is 3.07. The zero-order valence-electron chi connectivity index (χ0n) is 15.5. The molecule has 0 N–H and O–H groups in total. The Morgan fingerprint density at radius 1 is 1.29 bits per heavy atom. The maximum Gasteiger partial charge on any atom is 0.272 e. The lowest BCUT2D eigenvalue weighted by atomic mass is 10.0. The van der Waals surface area contributed by atoms with Crippen LogP contribution in [0.1, 0.15) is 50.2 Å². The van der Waals surface area contributed by atoms with Gasteiger partial charge in [0.05, 0.1) is 11.0 Å². The first kappa shape index (κ1) is 18.2. The standard InChI is InChI=1S/C19H27N3O2/c1-7-22-17-9-8-15(11-16(17)20-14(5)18(22)23)19(24)21(6)13(4)10-12(2)3/h8-9,11-13H,7,10H2,1-6H3/t13-/m1/s1. The Labute approximate surface area is 143 Å². The van der Waals surface area contributed by atoms with Crippen LogP contribution in [-0.2, 0) is 6.54 Å². The van der Waals surface area contributed by atoms with Crippen LogP contribution < -0.4 is 5.56 Å². The number of fused-ring (bicyclic) bond motifs is 1. The van der Waals surface area contributed by atoms with Crippen LogP contribution in [0.4, 0.5) is 0 Å². The van der Waals surface area contributed by atoms with Gasteiger partial charge in [-0.2, -0.15) is 0 Å². The molecule has 0 unspecified atom stereocenters. The number of benzene rings is 1. The van der Waals surface area contributed by atoms with Crippen LogP contribution in [0.2, 0.25) is 0 Å². The van der Waals surface area contributed by atoms with E-state index in [2.05, 4.69) is 25.8 Å². The highest BCUT2D eigenvalue weighted by atomic mass is 16.2. The van der Waals surface area contributed by atoms with Crippen LogP contribution in [0.5, 0.6) is 0 Å². The topological polar surface area (TPSA) is 55.2 Å². The number of amides is 1. The van der Waals surface area contributed by atoms with E-state index >= 15 is 0 Å². The third-order valence-electron chi connectivity index (χ3n) is 4.47. The Hall–Kier alpha value is -2.17. The molecule has 1 amide bonds. The van der Waals surface area contributed by atoms with Gasteiger partial charge in [0, 0.05) is 25.2 Å². The predicted molar refractivity (Wildman–Crippen MR) is 97.4 cm³/mol. The SMILES string of the molecule is CCn1c(=O)c(C)nc2cc(C(=O)N(C)[C@H](C)CC(C)C)ccc21. The lowest BCUT2D eigenvalue weighted by Gasteiger charge is -2.26. The minimum atomic E-state index is -0.0771. The molecule has 0 radical (unpaired) electrons. The van der Waals surface area contributed by atoms with E-state index in [1.165, 1.54) is 0 Å². The molecule has 130 valence electrons. The van der Waals surface area contributed by atoms with E-state index in [0.29, 0.717) is 29.2 Å². The van der Waals surface area contributed by atoms with Crippen LogP contribution in [0.3, 0.4) is 0 Å². The summed E-state index contributed by atoms with van der Waals surface area (Å²) in [6, 6.07) is 5.56. The van der Waals surface area contributed by atoms with Crippen LogP contribution in [-0.4, -0.2) is 33.4 Å². The van der Waals surface area contributed by atoms with Gasteiger partial charge in [-0.25, -0.2) is 4.98 Å². The molecule has 1 atom stereocenters. The van der Waals surface area contributed by atoms with Crippen molar-refractivity contribution in [3.8, 4) is 0 Å². The molecule has 5 nitrogen and oxygen atoms in total. The van der Waals surface area contributed by atoms with Gasteiger partial charge < -0.3 is 9.47 Å². The number of carbonyl (C=O) groups excluding carboxylic acids is 1. The Kier molecular flexibility index (Phi) is 5.42. The average Bonchev–Trinajstić information content (AvgIpc) is 2.53. The van der Waals surface area contributed by atoms with E-state index < -0.39 is 0 Å². The van der Waals surface area contributed by atoms with Crippen molar-refractivity contribution in [2.24, 2.45) is 5.92 Å². The molecule has 1 heterocycles. The number of rotatable bonds is 5. The second-order valence-corrected chi connectivity index (χ2v) is 6.84. The largest absolute Gasteiger partial charge is 0.339 e. The molecule has 0 aliphatic carbocycles. The first-order valence-electron chi connectivity index (χ1n) is 8.54.